The molecule has 0 radical (unpaired) electrons. The fourth-order valence-electron chi connectivity index (χ4n) is 2.13. The van der Waals surface area contributed by atoms with Crippen molar-refractivity contribution in [2.24, 2.45) is 0 Å². The Hall–Kier alpha value is -2.08. The van der Waals surface area contributed by atoms with Crippen LogP contribution in [0.25, 0.3) is 0 Å². The molecule has 0 spiro atoms. The Balaban J connectivity index is 1.94. The molecule has 6 nitrogen and oxygen atoms in total. The van der Waals surface area contributed by atoms with E-state index in [1.54, 1.807) is 7.05 Å². The molecule has 2 N–H and O–H groups in total. The van der Waals surface area contributed by atoms with Crippen molar-refractivity contribution in [3.8, 4) is 0 Å². The van der Waals surface area contributed by atoms with Gasteiger partial charge in [0.15, 0.2) is 0 Å². The first kappa shape index (κ1) is 14.3. The number of ether oxygens (including phenoxy) is 1. The second-order valence-electron chi connectivity index (χ2n) is 4.57. The lowest BCUT2D eigenvalue weighted by molar-refractivity contribution is -0.126. The van der Waals surface area contributed by atoms with Gasteiger partial charge in [-0.1, -0.05) is 30.3 Å². The highest BCUT2D eigenvalue weighted by Gasteiger charge is 2.32. The molecule has 0 aromatic heterocycles. The summed E-state index contributed by atoms with van der Waals surface area (Å²) in [6.45, 7) is 1.78. The molecule has 1 fully saturated rings. The van der Waals surface area contributed by atoms with Crippen LogP contribution in [0.2, 0.25) is 0 Å². The number of nitrogens with one attached hydrogen (secondary N) is 2. The van der Waals surface area contributed by atoms with E-state index in [0.29, 0.717) is 19.6 Å². The Bertz CT molecular complexity index is 464. The zero-order valence-electron chi connectivity index (χ0n) is 11.5. The van der Waals surface area contributed by atoms with Gasteiger partial charge >= 0.3 is 6.09 Å². The maximum atomic E-state index is 12.1. The lowest BCUT2D eigenvalue weighted by atomic mass is 10.2. The summed E-state index contributed by atoms with van der Waals surface area (Å²) in [5.41, 5.74) is 0.924. The van der Waals surface area contributed by atoms with Gasteiger partial charge in [-0.15, -0.1) is 0 Å². The van der Waals surface area contributed by atoms with Crippen LogP contribution in [0.4, 0.5) is 4.79 Å². The van der Waals surface area contributed by atoms with Crippen LogP contribution >= 0.6 is 0 Å². The molecule has 2 rings (SSSR count). The fraction of sp³-hybridized carbons (Fsp3) is 0.429. The molecule has 1 aliphatic rings. The van der Waals surface area contributed by atoms with Crippen LogP contribution in [0.15, 0.2) is 30.3 Å². The molecule has 1 aliphatic heterocycles. The van der Waals surface area contributed by atoms with Crippen LogP contribution < -0.4 is 10.6 Å². The monoisotopic (exact) mass is 277 g/mol. The molecule has 1 saturated heterocycles. The number of benzene rings is 1. The first-order valence-electron chi connectivity index (χ1n) is 6.62. The number of carbonyl (C=O) groups is 2. The van der Waals surface area contributed by atoms with Gasteiger partial charge in [0.05, 0.1) is 0 Å². The maximum absolute atomic E-state index is 12.1. The van der Waals surface area contributed by atoms with Crippen molar-refractivity contribution in [1.29, 1.82) is 0 Å². The number of hydrogen-bond donors (Lipinski definition) is 2. The topological polar surface area (TPSA) is 70.7 Å². The van der Waals surface area contributed by atoms with Crippen molar-refractivity contribution in [2.75, 3.05) is 26.7 Å². The molecule has 0 aliphatic carbocycles. The van der Waals surface area contributed by atoms with Gasteiger partial charge in [0, 0.05) is 26.7 Å². The van der Waals surface area contributed by atoms with Crippen molar-refractivity contribution in [3.05, 3.63) is 35.9 Å². The number of piperazine rings is 1. The number of hydrogen-bond acceptors (Lipinski definition) is 4. The number of nitrogens with zero attached hydrogens (tertiary/aromatic N) is 1. The predicted octanol–water partition coefficient (Wildman–Crippen LogP) is 0.343. The van der Waals surface area contributed by atoms with E-state index in [9.17, 15) is 9.59 Å². The highest BCUT2D eigenvalue weighted by atomic mass is 16.6. The lowest BCUT2D eigenvalue weighted by Crippen LogP contribution is -2.59. The zero-order chi connectivity index (χ0) is 14.4. The summed E-state index contributed by atoms with van der Waals surface area (Å²) in [6, 6.07) is 8.95. The minimum atomic E-state index is -0.517. The summed E-state index contributed by atoms with van der Waals surface area (Å²) in [7, 11) is 1.56. The lowest BCUT2D eigenvalue weighted by Gasteiger charge is -2.33. The molecule has 0 unspecified atom stereocenters. The molecule has 2 amide bonds. The van der Waals surface area contributed by atoms with Gasteiger partial charge < -0.3 is 15.4 Å². The van der Waals surface area contributed by atoms with E-state index < -0.39 is 12.1 Å². The van der Waals surface area contributed by atoms with Gasteiger partial charge in [-0.05, 0) is 5.56 Å². The van der Waals surface area contributed by atoms with Crippen LogP contribution in [-0.2, 0) is 16.1 Å². The van der Waals surface area contributed by atoms with E-state index in [0.717, 1.165) is 5.56 Å². The van der Waals surface area contributed by atoms with Crippen LogP contribution in [-0.4, -0.2) is 49.6 Å². The fourth-order valence-corrected chi connectivity index (χ4v) is 2.13. The maximum Gasteiger partial charge on any atom is 0.410 e. The second-order valence-corrected chi connectivity index (χ2v) is 4.57. The van der Waals surface area contributed by atoms with Crippen molar-refractivity contribution in [2.45, 2.75) is 12.6 Å². The van der Waals surface area contributed by atoms with Crippen molar-refractivity contribution in [3.63, 3.8) is 0 Å². The first-order valence-corrected chi connectivity index (χ1v) is 6.62. The van der Waals surface area contributed by atoms with Crippen LogP contribution in [0.1, 0.15) is 5.56 Å². The third-order valence-corrected chi connectivity index (χ3v) is 3.23. The Morgan fingerprint density at radius 3 is 2.85 bits per heavy atom. The van der Waals surface area contributed by atoms with Crippen molar-refractivity contribution in [1.82, 2.24) is 15.5 Å². The van der Waals surface area contributed by atoms with Crippen molar-refractivity contribution >= 4 is 12.0 Å². The third-order valence-electron chi connectivity index (χ3n) is 3.23. The van der Waals surface area contributed by atoms with Crippen LogP contribution in [0, 0.1) is 0 Å². The third kappa shape index (κ3) is 3.48. The summed E-state index contributed by atoms with van der Waals surface area (Å²) < 4.78 is 5.27. The van der Waals surface area contributed by atoms with Gasteiger partial charge in [0.2, 0.25) is 5.91 Å². The Morgan fingerprint density at radius 2 is 2.15 bits per heavy atom. The van der Waals surface area contributed by atoms with Gasteiger partial charge in [0.1, 0.15) is 12.6 Å². The average molecular weight is 277 g/mol. The highest BCUT2D eigenvalue weighted by molar-refractivity contribution is 5.85. The Kier molecular flexibility index (Phi) is 4.95. The van der Waals surface area contributed by atoms with E-state index in [1.165, 1.54) is 4.90 Å². The van der Waals surface area contributed by atoms with Crippen LogP contribution in [0.5, 0.6) is 0 Å². The summed E-state index contributed by atoms with van der Waals surface area (Å²) in [4.78, 5) is 25.3. The minimum Gasteiger partial charge on any atom is -0.445 e. The smallest absolute Gasteiger partial charge is 0.410 e. The Morgan fingerprint density at radius 1 is 1.40 bits per heavy atom. The van der Waals surface area contributed by atoms with E-state index in [-0.39, 0.29) is 12.5 Å². The summed E-state index contributed by atoms with van der Waals surface area (Å²) in [5, 5.41) is 5.66. The summed E-state index contributed by atoms with van der Waals surface area (Å²) in [6.07, 6.45) is -0.455. The number of amides is 2. The van der Waals surface area contributed by atoms with Gasteiger partial charge in [0.25, 0.3) is 0 Å². The average Bonchev–Trinajstić information content (AvgIpc) is 2.52. The quantitative estimate of drug-likeness (QED) is 0.836. The molecule has 20 heavy (non-hydrogen) atoms. The minimum absolute atomic E-state index is 0.186. The van der Waals surface area contributed by atoms with E-state index in [2.05, 4.69) is 10.6 Å². The van der Waals surface area contributed by atoms with Crippen LogP contribution in [0.3, 0.4) is 0 Å². The van der Waals surface area contributed by atoms with Gasteiger partial charge in [-0.25, -0.2) is 4.79 Å². The predicted molar refractivity (Wildman–Crippen MR) is 74.1 cm³/mol. The largest absolute Gasteiger partial charge is 0.445 e. The molecule has 1 heterocycles. The molecule has 1 aromatic carbocycles. The first-order chi connectivity index (χ1) is 9.72. The molecular weight excluding hydrogens is 258 g/mol. The zero-order valence-corrected chi connectivity index (χ0v) is 11.5. The SMILES string of the molecule is CNC(=O)[C@@H]1CNCCN1C(=O)OCc1ccccc1. The van der Waals surface area contributed by atoms with E-state index in [4.69, 9.17) is 4.74 Å². The number of rotatable bonds is 3. The molecule has 1 atom stereocenters. The van der Waals surface area contributed by atoms with Crippen molar-refractivity contribution < 1.29 is 14.3 Å². The van der Waals surface area contributed by atoms with Gasteiger partial charge in [-0.2, -0.15) is 0 Å². The standard InChI is InChI=1S/C14H19N3O3/c1-15-13(18)12-9-16-7-8-17(12)14(19)20-10-11-5-3-2-4-6-11/h2-6,12,16H,7-10H2,1H3,(H,15,18)/t12-/m0/s1. The molecule has 108 valence electrons. The molecule has 0 saturated carbocycles. The molecular formula is C14H19N3O3. The summed E-state index contributed by atoms with van der Waals surface area (Å²) in [5.74, 6) is -0.186. The van der Waals surface area contributed by atoms with E-state index in [1.807, 2.05) is 30.3 Å². The number of carbonyl (C=O) groups excluding carboxylic acids is 2. The van der Waals surface area contributed by atoms with E-state index >= 15 is 0 Å². The second kappa shape index (κ2) is 6.91. The highest BCUT2D eigenvalue weighted by Crippen LogP contribution is 2.08. The molecule has 0 bridgehead atoms. The summed E-state index contributed by atoms with van der Waals surface area (Å²) >= 11 is 0. The molecule has 1 aromatic rings. The molecule has 6 heteroatoms. The van der Waals surface area contributed by atoms with Gasteiger partial charge in [-0.3, -0.25) is 9.69 Å². The number of likely N-dealkylation sites (N-methyl/N-ethyl adjacent to an activating group) is 1. The Labute approximate surface area is 118 Å². The normalized spacial score (nSPS) is 18.4.